The molecule has 8 heteroatoms. The van der Waals surface area contributed by atoms with E-state index in [0.717, 1.165) is 12.3 Å². The van der Waals surface area contributed by atoms with E-state index in [4.69, 9.17) is 4.42 Å². The Morgan fingerprint density at radius 2 is 2.11 bits per heavy atom. The molecule has 102 valence electrons. The Morgan fingerprint density at radius 3 is 2.74 bits per heavy atom. The number of halogens is 3. The van der Waals surface area contributed by atoms with Crippen LogP contribution in [0.1, 0.15) is 24.3 Å². The number of aryl methyl sites for hydroxylation is 1. The van der Waals surface area contributed by atoms with Gasteiger partial charge in [0.05, 0.1) is 12.7 Å². The Labute approximate surface area is 106 Å². The van der Waals surface area contributed by atoms with E-state index in [1.807, 2.05) is 6.92 Å². The van der Waals surface area contributed by atoms with Crippen molar-refractivity contribution in [2.24, 2.45) is 0 Å². The molecule has 0 aromatic carbocycles. The van der Waals surface area contributed by atoms with Crippen LogP contribution in [0.15, 0.2) is 22.9 Å². The van der Waals surface area contributed by atoms with Gasteiger partial charge in [-0.2, -0.15) is 13.2 Å². The summed E-state index contributed by atoms with van der Waals surface area (Å²) in [5.74, 6) is 0.964. The zero-order valence-corrected chi connectivity index (χ0v) is 10.0. The lowest BCUT2D eigenvalue weighted by molar-refractivity contribution is -0.141. The van der Waals surface area contributed by atoms with Gasteiger partial charge in [0.2, 0.25) is 11.8 Å². The molecule has 2 rings (SSSR count). The first-order valence-electron chi connectivity index (χ1n) is 5.56. The van der Waals surface area contributed by atoms with Crippen molar-refractivity contribution < 1.29 is 17.6 Å². The maximum Gasteiger partial charge on any atom is 0.433 e. The highest BCUT2D eigenvalue weighted by Gasteiger charge is 2.32. The quantitative estimate of drug-likeness (QED) is 0.927. The van der Waals surface area contributed by atoms with Crippen LogP contribution in [0.2, 0.25) is 0 Å². The summed E-state index contributed by atoms with van der Waals surface area (Å²) in [5.41, 5.74) is -0.994. The Balaban J connectivity index is 2.03. The van der Waals surface area contributed by atoms with E-state index in [0.29, 0.717) is 18.1 Å². The van der Waals surface area contributed by atoms with E-state index in [1.54, 1.807) is 6.20 Å². The fourth-order valence-corrected chi connectivity index (χ4v) is 1.35. The number of aromatic nitrogens is 3. The third-order valence-corrected chi connectivity index (χ3v) is 2.29. The first kappa shape index (κ1) is 13.3. The lowest BCUT2D eigenvalue weighted by Gasteiger charge is -2.07. The summed E-state index contributed by atoms with van der Waals surface area (Å²) in [5, 5.41) is 2.63. The molecule has 0 bridgehead atoms. The second kappa shape index (κ2) is 5.25. The van der Waals surface area contributed by atoms with Gasteiger partial charge in [0, 0.05) is 12.6 Å². The van der Waals surface area contributed by atoms with E-state index in [-0.39, 0.29) is 12.5 Å². The lowest BCUT2D eigenvalue weighted by atomic mass is 10.4. The topological polar surface area (TPSA) is 63.8 Å². The molecule has 0 saturated carbocycles. The van der Waals surface area contributed by atoms with Gasteiger partial charge in [-0.15, -0.1) is 0 Å². The predicted octanol–water partition coefficient (Wildman–Crippen LogP) is 2.66. The Hall–Kier alpha value is -2.12. The van der Waals surface area contributed by atoms with Crippen LogP contribution in [0.5, 0.6) is 0 Å². The Bertz CT molecular complexity index is 553. The number of hydrogen-bond donors (Lipinski definition) is 1. The van der Waals surface area contributed by atoms with Crippen LogP contribution < -0.4 is 5.32 Å². The number of oxazole rings is 1. The van der Waals surface area contributed by atoms with Gasteiger partial charge in [-0.3, -0.25) is 0 Å². The van der Waals surface area contributed by atoms with E-state index < -0.39 is 11.9 Å². The monoisotopic (exact) mass is 272 g/mol. The van der Waals surface area contributed by atoms with Crippen LogP contribution in [0, 0.1) is 0 Å². The maximum absolute atomic E-state index is 12.4. The average molecular weight is 272 g/mol. The fourth-order valence-electron chi connectivity index (χ4n) is 1.35. The van der Waals surface area contributed by atoms with Crippen LogP contribution in [0.3, 0.4) is 0 Å². The Kier molecular flexibility index (Phi) is 3.68. The predicted molar refractivity (Wildman–Crippen MR) is 60.2 cm³/mol. The minimum absolute atomic E-state index is 0.119. The number of nitrogens with zero attached hydrogens (tertiary/aromatic N) is 3. The van der Waals surface area contributed by atoms with Crippen molar-refractivity contribution in [3.8, 4) is 0 Å². The molecular formula is C11H11F3N4O. The van der Waals surface area contributed by atoms with Crippen molar-refractivity contribution in [3.63, 3.8) is 0 Å². The van der Waals surface area contributed by atoms with Crippen LogP contribution >= 0.6 is 0 Å². The van der Waals surface area contributed by atoms with Crippen molar-refractivity contribution >= 4 is 5.95 Å². The van der Waals surface area contributed by atoms with E-state index in [2.05, 4.69) is 20.3 Å². The van der Waals surface area contributed by atoms with Crippen LogP contribution in [0.4, 0.5) is 19.1 Å². The summed E-state index contributed by atoms with van der Waals surface area (Å²) in [6, 6.07) is 0.811. The first-order chi connectivity index (χ1) is 8.99. The average Bonchev–Trinajstić information content (AvgIpc) is 2.84. The summed E-state index contributed by atoms with van der Waals surface area (Å²) >= 11 is 0. The highest BCUT2D eigenvalue weighted by atomic mass is 19.4. The molecule has 0 aliphatic heterocycles. The second-order valence-corrected chi connectivity index (χ2v) is 3.69. The first-order valence-corrected chi connectivity index (χ1v) is 5.56. The third-order valence-electron chi connectivity index (χ3n) is 2.29. The molecular weight excluding hydrogens is 261 g/mol. The largest absolute Gasteiger partial charge is 0.444 e. The van der Waals surface area contributed by atoms with Gasteiger partial charge >= 0.3 is 6.18 Å². The summed E-state index contributed by atoms with van der Waals surface area (Å²) in [6.07, 6.45) is -1.17. The molecule has 0 unspecified atom stereocenters. The molecule has 2 aromatic heterocycles. The molecule has 1 N–H and O–H groups in total. The van der Waals surface area contributed by atoms with Crippen molar-refractivity contribution in [2.75, 3.05) is 5.32 Å². The van der Waals surface area contributed by atoms with Crippen LogP contribution in [-0.2, 0) is 19.1 Å². The smallest absolute Gasteiger partial charge is 0.433 e. The molecule has 0 aliphatic rings. The number of anilines is 1. The Morgan fingerprint density at radius 1 is 1.32 bits per heavy atom. The van der Waals surface area contributed by atoms with Gasteiger partial charge in [0.1, 0.15) is 11.5 Å². The minimum Gasteiger partial charge on any atom is -0.444 e. The molecule has 0 radical (unpaired) electrons. The van der Waals surface area contributed by atoms with E-state index >= 15 is 0 Å². The third kappa shape index (κ3) is 3.43. The highest BCUT2D eigenvalue weighted by molar-refractivity contribution is 5.26. The standard InChI is InChI=1S/C11H11F3N4O/c1-2-7-5-16-9(19-7)6-17-10-15-4-3-8(18-10)11(12,13)14/h3-5H,2,6H2,1H3,(H,15,17,18). The molecule has 0 amide bonds. The number of hydrogen-bond acceptors (Lipinski definition) is 5. The van der Waals surface area contributed by atoms with E-state index in [9.17, 15) is 13.2 Å². The summed E-state index contributed by atoms with van der Waals surface area (Å²) in [7, 11) is 0. The van der Waals surface area contributed by atoms with Crippen molar-refractivity contribution in [1.82, 2.24) is 15.0 Å². The molecule has 2 aromatic rings. The highest BCUT2D eigenvalue weighted by Crippen LogP contribution is 2.27. The molecule has 0 saturated heterocycles. The van der Waals surface area contributed by atoms with E-state index in [1.165, 1.54) is 0 Å². The minimum atomic E-state index is -4.49. The molecule has 19 heavy (non-hydrogen) atoms. The number of alkyl halides is 3. The van der Waals surface area contributed by atoms with Crippen molar-refractivity contribution in [1.29, 1.82) is 0 Å². The zero-order chi connectivity index (χ0) is 13.9. The van der Waals surface area contributed by atoms with Gasteiger partial charge in [-0.1, -0.05) is 6.92 Å². The second-order valence-electron chi connectivity index (χ2n) is 3.69. The number of rotatable bonds is 4. The zero-order valence-electron chi connectivity index (χ0n) is 10.0. The molecule has 0 fully saturated rings. The molecule has 0 atom stereocenters. The van der Waals surface area contributed by atoms with Gasteiger partial charge in [0.25, 0.3) is 0 Å². The summed E-state index contributed by atoms with van der Waals surface area (Å²) in [4.78, 5) is 11.0. The maximum atomic E-state index is 12.4. The summed E-state index contributed by atoms with van der Waals surface area (Å²) in [6.45, 7) is 2.04. The molecule has 2 heterocycles. The molecule has 5 nitrogen and oxygen atoms in total. The molecule has 0 spiro atoms. The summed E-state index contributed by atoms with van der Waals surface area (Å²) < 4.78 is 42.6. The fraction of sp³-hybridized carbons (Fsp3) is 0.364. The van der Waals surface area contributed by atoms with Gasteiger partial charge in [-0.25, -0.2) is 15.0 Å². The van der Waals surface area contributed by atoms with Gasteiger partial charge in [-0.05, 0) is 6.07 Å². The van der Waals surface area contributed by atoms with Gasteiger partial charge in [0.15, 0.2) is 0 Å². The van der Waals surface area contributed by atoms with Crippen LogP contribution in [-0.4, -0.2) is 15.0 Å². The van der Waals surface area contributed by atoms with Crippen molar-refractivity contribution in [2.45, 2.75) is 26.1 Å². The number of nitrogens with one attached hydrogen (secondary N) is 1. The van der Waals surface area contributed by atoms with Crippen molar-refractivity contribution in [3.05, 3.63) is 35.8 Å². The SMILES string of the molecule is CCc1cnc(CNc2nccc(C(F)(F)F)n2)o1. The van der Waals surface area contributed by atoms with Crippen LogP contribution in [0.25, 0.3) is 0 Å². The normalized spacial score (nSPS) is 11.6. The molecule has 0 aliphatic carbocycles. The van der Waals surface area contributed by atoms with Gasteiger partial charge < -0.3 is 9.73 Å². The lowest BCUT2D eigenvalue weighted by Crippen LogP contribution is -2.11.